The first-order valence-electron chi connectivity index (χ1n) is 11.8. The molecule has 0 aliphatic carbocycles. The number of imide groups is 1. The van der Waals surface area contributed by atoms with Gasteiger partial charge in [0.1, 0.15) is 23.1 Å². The van der Waals surface area contributed by atoms with E-state index in [4.69, 9.17) is 9.84 Å². The number of ether oxygens (including phenoxy) is 1. The van der Waals surface area contributed by atoms with Crippen LogP contribution in [0.2, 0.25) is 0 Å². The maximum atomic E-state index is 13.0. The maximum Gasteiger partial charge on any atom is 0.271 e. The van der Waals surface area contributed by atoms with Crippen molar-refractivity contribution < 1.29 is 14.3 Å². The van der Waals surface area contributed by atoms with Crippen molar-refractivity contribution in [2.45, 2.75) is 27.7 Å². The smallest absolute Gasteiger partial charge is 0.271 e. The molecule has 1 aliphatic heterocycles. The van der Waals surface area contributed by atoms with Crippen molar-refractivity contribution in [3.05, 3.63) is 82.6 Å². The molecule has 0 spiro atoms. The molecule has 2 amide bonds. The minimum atomic E-state index is -0.592. The van der Waals surface area contributed by atoms with Crippen LogP contribution in [0, 0.1) is 24.2 Å². The maximum absolute atomic E-state index is 13.0. The van der Waals surface area contributed by atoms with Crippen molar-refractivity contribution in [3.63, 3.8) is 0 Å². The van der Waals surface area contributed by atoms with Gasteiger partial charge in [-0.15, -0.1) is 0 Å². The molecule has 0 fully saturated rings. The number of rotatable bonds is 6. The average Bonchev–Trinajstić information content (AvgIpc) is 3.28. The Hall–Kier alpha value is -4.44. The van der Waals surface area contributed by atoms with Gasteiger partial charge in [0.15, 0.2) is 0 Å². The number of hydrogen-bond acceptors (Lipinski definition) is 5. The fraction of sp³-hybridized carbons (Fsp3) is 0.241. The summed E-state index contributed by atoms with van der Waals surface area (Å²) in [6, 6.07) is 17.5. The molecule has 1 aliphatic rings. The monoisotopic (exact) mass is 480 g/mol. The highest BCUT2D eigenvalue weighted by Gasteiger charge is 2.33. The van der Waals surface area contributed by atoms with Gasteiger partial charge in [-0.05, 0) is 67.3 Å². The summed E-state index contributed by atoms with van der Waals surface area (Å²) in [6.45, 7) is 8.44. The van der Waals surface area contributed by atoms with E-state index in [1.54, 1.807) is 17.7 Å². The zero-order valence-corrected chi connectivity index (χ0v) is 21.1. The van der Waals surface area contributed by atoms with Crippen LogP contribution in [0.15, 0.2) is 71.4 Å². The fourth-order valence-corrected chi connectivity index (χ4v) is 4.02. The quantitative estimate of drug-likeness (QED) is 0.362. The van der Waals surface area contributed by atoms with Crippen LogP contribution in [0.25, 0.3) is 23.0 Å². The Morgan fingerprint density at radius 1 is 1.08 bits per heavy atom. The number of nitrogens with zero attached hydrogens (tertiary/aromatic N) is 4. The van der Waals surface area contributed by atoms with Crippen molar-refractivity contribution in [1.82, 2.24) is 14.7 Å². The second-order valence-corrected chi connectivity index (χ2v) is 9.23. The van der Waals surface area contributed by atoms with Crippen LogP contribution in [-0.2, 0) is 9.59 Å². The fourth-order valence-electron chi connectivity index (χ4n) is 4.02. The number of hydrogen-bond donors (Lipinski definition) is 0. The minimum absolute atomic E-state index is 0.0387. The molecule has 0 saturated heterocycles. The molecule has 0 bridgehead atoms. The molecule has 2 heterocycles. The molecule has 2 aromatic carbocycles. The number of amides is 2. The van der Waals surface area contributed by atoms with Crippen molar-refractivity contribution in [2.24, 2.45) is 5.92 Å². The van der Waals surface area contributed by atoms with Gasteiger partial charge in [-0.2, -0.15) is 10.4 Å². The Bertz CT molecular complexity index is 1440. The van der Waals surface area contributed by atoms with E-state index in [1.165, 1.54) is 7.05 Å². The summed E-state index contributed by atoms with van der Waals surface area (Å²) in [6.07, 6.45) is 3.56. The van der Waals surface area contributed by atoms with Crippen LogP contribution in [0.5, 0.6) is 5.75 Å². The molecule has 7 heteroatoms. The zero-order valence-electron chi connectivity index (χ0n) is 21.1. The second kappa shape index (κ2) is 10.0. The molecule has 36 heavy (non-hydrogen) atoms. The summed E-state index contributed by atoms with van der Waals surface area (Å²) in [5.74, 6) is 0.152. The molecule has 182 valence electrons. The van der Waals surface area contributed by atoms with Crippen LogP contribution in [-0.4, -0.2) is 40.1 Å². The lowest BCUT2D eigenvalue weighted by Crippen LogP contribution is -2.39. The Balaban J connectivity index is 1.88. The van der Waals surface area contributed by atoms with Gasteiger partial charge in [-0.25, -0.2) is 4.68 Å². The van der Waals surface area contributed by atoms with Crippen molar-refractivity contribution in [2.75, 3.05) is 13.7 Å². The predicted molar refractivity (Wildman–Crippen MR) is 138 cm³/mol. The molecule has 0 unspecified atom stereocenters. The molecule has 4 rings (SSSR count). The van der Waals surface area contributed by atoms with Crippen molar-refractivity contribution in [3.8, 4) is 28.8 Å². The van der Waals surface area contributed by atoms with Crippen LogP contribution >= 0.6 is 0 Å². The Kier molecular flexibility index (Phi) is 6.89. The third kappa shape index (κ3) is 4.71. The van der Waals surface area contributed by atoms with E-state index in [0.717, 1.165) is 27.5 Å². The van der Waals surface area contributed by atoms with Gasteiger partial charge >= 0.3 is 0 Å². The zero-order chi connectivity index (χ0) is 26.0. The third-order valence-electron chi connectivity index (χ3n) is 6.04. The lowest BCUT2D eigenvalue weighted by Gasteiger charge is -2.23. The number of likely N-dealkylation sites (N-methyl/N-ethyl adjacent to an activating group) is 1. The molecule has 0 N–H and O–H groups in total. The SMILES string of the molecule is CC1=C(C#N)C(=O)N(C)C(=O)/C1=C/c1cn(-c2ccccc2)nc1-c1ccc(OCC(C)C)cc1C. The van der Waals surface area contributed by atoms with Gasteiger partial charge in [-0.1, -0.05) is 32.0 Å². The van der Waals surface area contributed by atoms with E-state index in [9.17, 15) is 14.9 Å². The first-order valence-corrected chi connectivity index (χ1v) is 11.8. The summed E-state index contributed by atoms with van der Waals surface area (Å²) in [7, 11) is 1.39. The number of nitriles is 1. The summed E-state index contributed by atoms with van der Waals surface area (Å²) >= 11 is 0. The average molecular weight is 481 g/mol. The number of aromatic nitrogens is 2. The van der Waals surface area contributed by atoms with Crippen molar-refractivity contribution >= 4 is 17.9 Å². The molecule has 0 radical (unpaired) electrons. The van der Waals surface area contributed by atoms with E-state index in [1.807, 2.05) is 67.7 Å². The van der Waals surface area contributed by atoms with E-state index in [2.05, 4.69) is 13.8 Å². The van der Waals surface area contributed by atoms with E-state index in [-0.39, 0.29) is 11.1 Å². The normalized spacial score (nSPS) is 15.1. The minimum Gasteiger partial charge on any atom is -0.493 e. The molecule has 0 saturated carbocycles. The van der Waals surface area contributed by atoms with Crippen molar-refractivity contribution in [1.29, 1.82) is 5.26 Å². The molecule has 7 nitrogen and oxygen atoms in total. The van der Waals surface area contributed by atoms with Gasteiger partial charge in [0.05, 0.1) is 12.3 Å². The molecule has 3 aromatic rings. The standard InChI is InChI=1S/C29H28N4O3/c1-18(2)17-36-23-11-12-24(19(3)13-23)27-21(16-33(31-27)22-9-7-6-8-10-22)14-25-20(4)26(15-30)29(35)32(5)28(25)34/h6-14,16,18H,17H2,1-5H3/b25-14+. The Morgan fingerprint density at radius 3 is 2.44 bits per heavy atom. The number of benzene rings is 2. The van der Waals surface area contributed by atoms with Crippen LogP contribution in [0.1, 0.15) is 31.9 Å². The van der Waals surface area contributed by atoms with E-state index >= 15 is 0 Å². The van der Waals surface area contributed by atoms with Gasteiger partial charge in [0, 0.05) is 29.9 Å². The summed E-state index contributed by atoms with van der Waals surface area (Å²) in [4.78, 5) is 26.4. The van der Waals surface area contributed by atoms with Crippen LogP contribution in [0.3, 0.4) is 0 Å². The summed E-state index contributed by atoms with van der Waals surface area (Å²) in [5.41, 5.74) is 4.71. The molecule has 0 atom stereocenters. The summed E-state index contributed by atoms with van der Waals surface area (Å²) in [5, 5.41) is 14.4. The number of carbonyl (C=O) groups is 2. The lowest BCUT2D eigenvalue weighted by molar-refractivity contribution is -0.138. The van der Waals surface area contributed by atoms with Gasteiger partial charge < -0.3 is 4.74 Å². The Labute approximate surface area is 210 Å². The summed E-state index contributed by atoms with van der Waals surface area (Å²) < 4.78 is 7.64. The van der Waals surface area contributed by atoms with Crippen LogP contribution < -0.4 is 4.74 Å². The largest absolute Gasteiger partial charge is 0.493 e. The third-order valence-corrected chi connectivity index (χ3v) is 6.04. The highest BCUT2D eigenvalue weighted by molar-refractivity contribution is 6.19. The van der Waals surface area contributed by atoms with Gasteiger partial charge in [0.25, 0.3) is 11.8 Å². The van der Waals surface area contributed by atoms with E-state index < -0.39 is 11.8 Å². The number of para-hydroxylation sites is 1. The molecular formula is C29H28N4O3. The van der Waals surface area contributed by atoms with Gasteiger partial charge in [0.2, 0.25) is 0 Å². The second-order valence-electron chi connectivity index (χ2n) is 9.23. The number of carbonyl (C=O) groups excluding carboxylic acids is 2. The van der Waals surface area contributed by atoms with Crippen LogP contribution in [0.4, 0.5) is 0 Å². The molecular weight excluding hydrogens is 452 g/mol. The first-order chi connectivity index (χ1) is 17.2. The predicted octanol–water partition coefficient (Wildman–Crippen LogP) is 5.10. The van der Waals surface area contributed by atoms with Gasteiger partial charge in [-0.3, -0.25) is 14.5 Å². The lowest BCUT2D eigenvalue weighted by atomic mass is 9.93. The highest BCUT2D eigenvalue weighted by atomic mass is 16.5. The first kappa shape index (κ1) is 24.7. The highest BCUT2D eigenvalue weighted by Crippen LogP contribution is 2.33. The Morgan fingerprint density at radius 2 is 1.81 bits per heavy atom. The number of aryl methyl sites for hydroxylation is 1. The van der Waals surface area contributed by atoms with E-state index in [0.29, 0.717) is 29.4 Å². The molecule has 1 aromatic heterocycles. The topological polar surface area (TPSA) is 88.2 Å².